The second-order valence-electron chi connectivity index (χ2n) is 4.54. The van der Waals surface area contributed by atoms with Crippen LogP contribution in [0.15, 0.2) is 48.5 Å². The van der Waals surface area contributed by atoms with Crippen molar-refractivity contribution < 1.29 is 14.3 Å². The minimum atomic E-state index is -0.0925. The Morgan fingerprint density at radius 3 is 2.55 bits per heavy atom. The Balaban J connectivity index is 2.19. The molecule has 0 heterocycles. The van der Waals surface area contributed by atoms with Crippen molar-refractivity contribution in [2.24, 2.45) is 0 Å². The lowest BCUT2D eigenvalue weighted by Gasteiger charge is -2.07. The van der Waals surface area contributed by atoms with Crippen LogP contribution >= 0.6 is 11.6 Å². The summed E-state index contributed by atoms with van der Waals surface area (Å²) in [6, 6.07) is 12.3. The number of hydrogen-bond donors (Lipinski definition) is 0. The topological polar surface area (TPSA) is 35.5 Å². The zero-order valence-electron chi connectivity index (χ0n) is 12.5. The molecule has 0 aromatic heterocycles. The molecule has 0 saturated heterocycles. The molecule has 2 aromatic carbocycles. The lowest BCUT2D eigenvalue weighted by Crippen LogP contribution is -1.96. The fraction of sp³-hybridized carbons (Fsp3) is 0.167. The van der Waals surface area contributed by atoms with Crippen LogP contribution in [0.25, 0.3) is 6.08 Å². The molecular formula is C18H17ClO3. The molecule has 0 aliphatic heterocycles. The first-order valence-electron chi connectivity index (χ1n) is 6.93. The number of rotatable bonds is 6. The normalized spacial score (nSPS) is 10.7. The quantitative estimate of drug-likeness (QED) is 0.575. The summed E-state index contributed by atoms with van der Waals surface area (Å²) in [7, 11) is 1.59. The summed E-state index contributed by atoms with van der Waals surface area (Å²) in [4.78, 5) is 12.2. The summed E-state index contributed by atoms with van der Waals surface area (Å²) in [6.45, 7) is 2.46. The van der Waals surface area contributed by atoms with E-state index in [0.717, 1.165) is 5.56 Å². The molecule has 4 heteroatoms. The lowest BCUT2D eigenvalue weighted by molar-refractivity contribution is 0.104. The number of hydrogen-bond acceptors (Lipinski definition) is 3. The van der Waals surface area contributed by atoms with E-state index in [9.17, 15) is 4.79 Å². The smallest absolute Gasteiger partial charge is 0.185 e. The Morgan fingerprint density at radius 2 is 1.91 bits per heavy atom. The van der Waals surface area contributed by atoms with E-state index in [1.54, 1.807) is 55.7 Å². The number of ketones is 1. The average Bonchev–Trinajstić information content (AvgIpc) is 2.55. The molecule has 2 rings (SSSR count). The van der Waals surface area contributed by atoms with Gasteiger partial charge in [-0.25, -0.2) is 0 Å². The molecule has 3 nitrogen and oxygen atoms in total. The number of benzene rings is 2. The summed E-state index contributed by atoms with van der Waals surface area (Å²) in [5.41, 5.74) is 1.37. The number of carbonyl (C=O) groups is 1. The van der Waals surface area contributed by atoms with E-state index in [-0.39, 0.29) is 5.78 Å². The van der Waals surface area contributed by atoms with Crippen molar-refractivity contribution in [3.05, 3.63) is 64.7 Å². The van der Waals surface area contributed by atoms with Crippen LogP contribution in [-0.4, -0.2) is 19.5 Å². The van der Waals surface area contributed by atoms with E-state index in [1.807, 2.05) is 6.92 Å². The van der Waals surface area contributed by atoms with Gasteiger partial charge in [-0.05, 0) is 61.5 Å². The molecule has 0 atom stereocenters. The molecular weight excluding hydrogens is 300 g/mol. The lowest BCUT2D eigenvalue weighted by atomic mass is 10.1. The highest BCUT2D eigenvalue weighted by Crippen LogP contribution is 2.24. The molecule has 0 saturated carbocycles. The zero-order chi connectivity index (χ0) is 15.9. The van der Waals surface area contributed by atoms with E-state index in [1.165, 1.54) is 6.08 Å². The van der Waals surface area contributed by atoms with Crippen LogP contribution in [-0.2, 0) is 0 Å². The third kappa shape index (κ3) is 4.12. The number of ether oxygens (including phenoxy) is 2. The van der Waals surface area contributed by atoms with Gasteiger partial charge in [0.05, 0.1) is 13.7 Å². The standard InChI is InChI=1S/C18H17ClO3/c1-3-22-18-11-7-15(19)12-14(18)6-10-17(20)13-4-8-16(21-2)9-5-13/h4-12H,3H2,1-2H3/b10-6+. The highest BCUT2D eigenvalue weighted by molar-refractivity contribution is 6.30. The molecule has 22 heavy (non-hydrogen) atoms. The van der Waals surface area contributed by atoms with Gasteiger partial charge in [0.15, 0.2) is 5.78 Å². The zero-order valence-corrected chi connectivity index (χ0v) is 13.3. The van der Waals surface area contributed by atoms with Crippen molar-refractivity contribution in [3.63, 3.8) is 0 Å². The van der Waals surface area contributed by atoms with Crippen molar-refractivity contribution in [1.29, 1.82) is 0 Å². The summed E-state index contributed by atoms with van der Waals surface area (Å²) in [6.07, 6.45) is 3.22. The third-order valence-corrected chi connectivity index (χ3v) is 3.30. The Labute approximate surface area is 135 Å². The number of halogens is 1. The van der Waals surface area contributed by atoms with Crippen LogP contribution in [0.5, 0.6) is 11.5 Å². The van der Waals surface area contributed by atoms with Crippen LogP contribution in [0.1, 0.15) is 22.8 Å². The molecule has 0 aliphatic rings. The minimum Gasteiger partial charge on any atom is -0.497 e. The fourth-order valence-electron chi connectivity index (χ4n) is 1.95. The Kier molecular flexibility index (Phi) is 5.61. The molecule has 0 aliphatic carbocycles. The molecule has 114 valence electrons. The molecule has 0 amide bonds. The van der Waals surface area contributed by atoms with E-state index in [2.05, 4.69) is 0 Å². The largest absolute Gasteiger partial charge is 0.497 e. The van der Waals surface area contributed by atoms with Crippen molar-refractivity contribution in [3.8, 4) is 11.5 Å². The summed E-state index contributed by atoms with van der Waals surface area (Å²) in [5.74, 6) is 1.32. The predicted molar refractivity (Wildman–Crippen MR) is 89.0 cm³/mol. The van der Waals surface area contributed by atoms with Crippen LogP contribution in [0, 0.1) is 0 Å². The Bertz CT molecular complexity index is 675. The van der Waals surface area contributed by atoms with Gasteiger partial charge in [0.1, 0.15) is 11.5 Å². The monoisotopic (exact) mass is 316 g/mol. The summed E-state index contributed by atoms with van der Waals surface area (Å²) < 4.78 is 10.6. The van der Waals surface area contributed by atoms with Gasteiger partial charge < -0.3 is 9.47 Å². The molecule has 2 aromatic rings. The van der Waals surface area contributed by atoms with Gasteiger partial charge in [-0.15, -0.1) is 0 Å². The molecule has 0 bridgehead atoms. The molecule has 0 unspecified atom stereocenters. The van der Waals surface area contributed by atoms with Gasteiger partial charge in [0, 0.05) is 16.1 Å². The number of carbonyl (C=O) groups excluding carboxylic acids is 1. The SMILES string of the molecule is CCOc1ccc(Cl)cc1/C=C/C(=O)c1ccc(OC)cc1. The average molecular weight is 317 g/mol. The first-order chi connectivity index (χ1) is 10.6. The minimum absolute atomic E-state index is 0.0925. The van der Waals surface area contributed by atoms with E-state index >= 15 is 0 Å². The first-order valence-corrected chi connectivity index (χ1v) is 7.30. The predicted octanol–water partition coefficient (Wildman–Crippen LogP) is 4.64. The summed E-state index contributed by atoms with van der Waals surface area (Å²) >= 11 is 5.99. The molecule has 0 spiro atoms. The van der Waals surface area contributed by atoms with Crippen LogP contribution in [0.2, 0.25) is 5.02 Å². The van der Waals surface area contributed by atoms with Gasteiger partial charge >= 0.3 is 0 Å². The van der Waals surface area contributed by atoms with Crippen molar-refractivity contribution in [2.75, 3.05) is 13.7 Å². The molecule has 0 fully saturated rings. The van der Waals surface area contributed by atoms with Gasteiger partial charge in [0.25, 0.3) is 0 Å². The fourth-order valence-corrected chi connectivity index (χ4v) is 2.13. The number of methoxy groups -OCH3 is 1. The second-order valence-corrected chi connectivity index (χ2v) is 4.98. The summed E-state index contributed by atoms with van der Waals surface area (Å²) in [5, 5.41) is 0.597. The Hall–Kier alpha value is -2.26. The highest BCUT2D eigenvalue weighted by atomic mass is 35.5. The van der Waals surface area contributed by atoms with Gasteiger partial charge in [-0.3, -0.25) is 4.79 Å². The number of allylic oxidation sites excluding steroid dienone is 1. The van der Waals surface area contributed by atoms with Gasteiger partial charge in [0.2, 0.25) is 0 Å². The van der Waals surface area contributed by atoms with Crippen LogP contribution in [0.3, 0.4) is 0 Å². The van der Waals surface area contributed by atoms with Gasteiger partial charge in [-0.2, -0.15) is 0 Å². The third-order valence-electron chi connectivity index (χ3n) is 3.06. The van der Waals surface area contributed by atoms with E-state index < -0.39 is 0 Å². The van der Waals surface area contributed by atoms with Crippen molar-refractivity contribution in [1.82, 2.24) is 0 Å². The van der Waals surface area contributed by atoms with E-state index in [0.29, 0.717) is 28.7 Å². The second kappa shape index (κ2) is 7.66. The first kappa shape index (κ1) is 16.1. The van der Waals surface area contributed by atoms with Crippen LogP contribution in [0.4, 0.5) is 0 Å². The molecule has 0 N–H and O–H groups in total. The maximum Gasteiger partial charge on any atom is 0.185 e. The highest BCUT2D eigenvalue weighted by Gasteiger charge is 2.05. The maximum atomic E-state index is 12.2. The van der Waals surface area contributed by atoms with Gasteiger partial charge in [-0.1, -0.05) is 11.6 Å². The van der Waals surface area contributed by atoms with Crippen molar-refractivity contribution >= 4 is 23.5 Å². The molecule has 0 radical (unpaired) electrons. The van der Waals surface area contributed by atoms with E-state index in [4.69, 9.17) is 21.1 Å². The maximum absolute atomic E-state index is 12.2. The Morgan fingerprint density at radius 1 is 1.18 bits per heavy atom. The van der Waals surface area contributed by atoms with Crippen LogP contribution < -0.4 is 9.47 Å². The van der Waals surface area contributed by atoms with Crippen molar-refractivity contribution in [2.45, 2.75) is 6.92 Å².